The Labute approximate surface area is 129 Å². The van der Waals surface area contributed by atoms with Crippen molar-refractivity contribution in [3.8, 4) is 18.1 Å². The average Bonchev–Trinajstić information content (AvgIpc) is 3.06. The molecule has 0 fully saturated rings. The molecule has 3 rings (SSSR count). The van der Waals surface area contributed by atoms with Gasteiger partial charge in [-0.3, -0.25) is 4.99 Å². The van der Waals surface area contributed by atoms with E-state index in [1.54, 1.807) is 6.07 Å². The fourth-order valence-corrected chi connectivity index (χ4v) is 3.00. The van der Waals surface area contributed by atoms with Gasteiger partial charge in [-0.2, -0.15) is 0 Å². The van der Waals surface area contributed by atoms with Gasteiger partial charge in [0.25, 0.3) is 0 Å². The molecule has 0 aliphatic heterocycles. The van der Waals surface area contributed by atoms with Crippen LogP contribution in [0.1, 0.15) is 17.7 Å². The molecule has 0 radical (unpaired) electrons. The largest absolute Gasteiger partial charge is 0.412 e. The first-order valence-electron chi connectivity index (χ1n) is 7.13. The fraction of sp³-hybridized carbons (Fsp3) is 0.294. The monoisotopic (exact) mass is 295 g/mol. The second kappa shape index (κ2) is 5.57. The molecule has 1 aliphatic rings. The van der Waals surface area contributed by atoms with Crippen LogP contribution in [0.2, 0.25) is 0 Å². The first-order valence-corrected chi connectivity index (χ1v) is 7.13. The molecule has 0 bridgehead atoms. The van der Waals surface area contributed by atoms with Crippen LogP contribution in [0.15, 0.2) is 23.2 Å². The summed E-state index contributed by atoms with van der Waals surface area (Å²) in [5.41, 5.74) is 4.54. The van der Waals surface area contributed by atoms with E-state index in [-0.39, 0.29) is 0 Å². The number of amides is 1. The highest BCUT2D eigenvalue weighted by Crippen LogP contribution is 2.34. The molecule has 22 heavy (non-hydrogen) atoms. The van der Waals surface area contributed by atoms with Crippen LogP contribution >= 0.6 is 0 Å². The van der Waals surface area contributed by atoms with Crippen LogP contribution in [0.5, 0.6) is 5.75 Å². The van der Waals surface area contributed by atoms with E-state index in [2.05, 4.69) is 20.8 Å². The lowest BCUT2D eigenvalue weighted by atomic mass is 10.1. The third kappa shape index (κ3) is 2.23. The second-order valence-electron chi connectivity index (χ2n) is 5.17. The van der Waals surface area contributed by atoms with Crippen molar-refractivity contribution in [2.45, 2.75) is 12.8 Å². The number of nitrogens with one attached hydrogen (secondary N) is 1. The molecule has 1 heterocycles. The first-order chi connectivity index (χ1) is 10.7. The third-order valence-corrected chi connectivity index (χ3v) is 3.94. The van der Waals surface area contributed by atoms with Crippen LogP contribution in [0.4, 0.5) is 4.79 Å². The van der Waals surface area contributed by atoms with Gasteiger partial charge in [0.2, 0.25) is 0 Å². The van der Waals surface area contributed by atoms with Gasteiger partial charge in [0, 0.05) is 25.0 Å². The lowest BCUT2D eigenvalue weighted by Crippen LogP contribution is -2.21. The number of ether oxygens (including phenoxy) is 1. The minimum atomic E-state index is -0.469. The van der Waals surface area contributed by atoms with Crippen molar-refractivity contribution in [3.05, 3.63) is 29.5 Å². The van der Waals surface area contributed by atoms with Gasteiger partial charge in [0.05, 0.1) is 18.0 Å². The van der Waals surface area contributed by atoms with Gasteiger partial charge in [-0.05, 0) is 36.6 Å². The normalized spacial score (nSPS) is 14.9. The van der Waals surface area contributed by atoms with Crippen molar-refractivity contribution >= 4 is 22.7 Å². The van der Waals surface area contributed by atoms with Gasteiger partial charge in [-0.15, -0.1) is 6.42 Å². The lowest BCUT2D eigenvalue weighted by Gasteiger charge is -2.05. The Morgan fingerprint density at radius 3 is 3.05 bits per heavy atom. The highest BCUT2D eigenvalue weighted by atomic mass is 16.5. The van der Waals surface area contributed by atoms with E-state index in [0.29, 0.717) is 12.3 Å². The number of aliphatic imine (C=N–C) groups is 1. The van der Waals surface area contributed by atoms with Crippen molar-refractivity contribution in [2.24, 2.45) is 12.0 Å². The summed E-state index contributed by atoms with van der Waals surface area (Å²) in [7, 11) is 3.56. The Hall–Kier alpha value is -2.74. The zero-order valence-corrected chi connectivity index (χ0v) is 12.6. The summed E-state index contributed by atoms with van der Waals surface area (Å²) in [4.78, 5) is 15.8. The van der Waals surface area contributed by atoms with Crippen molar-refractivity contribution in [1.29, 1.82) is 0 Å². The van der Waals surface area contributed by atoms with E-state index in [9.17, 15) is 4.79 Å². The average molecular weight is 295 g/mol. The summed E-state index contributed by atoms with van der Waals surface area (Å²) in [5, 5.41) is 3.55. The van der Waals surface area contributed by atoms with Crippen LogP contribution in [0, 0.1) is 12.3 Å². The van der Waals surface area contributed by atoms with Crippen molar-refractivity contribution < 1.29 is 9.53 Å². The van der Waals surface area contributed by atoms with Gasteiger partial charge < -0.3 is 14.6 Å². The van der Waals surface area contributed by atoms with Gasteiger partial charge in [-0.1, -0.05) is 5.92 Å². The predicted molar refractivity (Wildman–Crippen MR) is 86.6 cm³/mol. The maximum atomic E-state index is 11.4. The zero-order chi connectivity index (χ0) is 15.7. The molecule has 1 aliphatic carbocycles. The molecule has 0 saturated carbocycles. The summed E-state index contributed by atoms with van der Waals surface area (Å²) >= 11 is 0. The third-order valence-electron chi connectivity index (χ3n) is 3.94. The topological polar surface area (TPSA) is 55.6 Å². The number of aryl methyl sites for hydroxylation is 2. The van der Waals surface area contributed by atoms with Crippen LogP contribution in [0.25, 0.3) is 10.9 Å². The van der Waals surface area contributed by atoms with Gasteiger partial charge in [0.1, 0.15) is 5.75 Å². The maximum Gasteiger partial charge on any atom is 0.412 e. The lowest BCUT2D eigenvalue weighted by molar-refractivity contribution is 0.203. The number of terminal acetylenes is 1. The molecule has 0 atom stereocenters. The second-order valence-corrected chi connectivity index (χ2v) is 5.17. The summed E-state index contributed by atoms with van der Waals surface area (Å²) in [5.74, 6) is 3.09. The molecular formula is C17H17N3O2. The van der Waals surface area contributed by atoms with Crippen molar-refractivity contribution in [1.82, 2.24) is 9.88 Å². The fourth-order valence-electron chi connectivity index (χ4n) is 3.00. The number of rotatable bonds is 2. The highest BCUT2D eigenvalue weighted by Gasteiger charge is 2.25. The maximum absolute atomic E-state index is 11.4. The Bertz CT molecular complexity index is 825. The molecule has 0 spiro atoms. The Balaban J connectivity index is 2.08. The minimum absolute atomic E-state index is 0.404. The van der Waals surface area contributed by atoms with Crippen molar-refractivity contribution in [2.75, 3.05) is 13.6 Å². The highest BCUT2D eigenvalue weighted by molar-refractivity contribution is 6.09. The molecule has 1 aromatic carbocycles. The molecule has 5 nitrogen and oxygen atoms in total. The van der Waals surface area contributed by atoms with E-state index in [0.717, 1.165) is 35.2 Å². The van der Waals surface area contributed by atoms with Gasteiger partial charge in [0.15, 0.2) is 0 Å². The van der Waals surface area contributed by atoms with Crippen LogP contribution in [-0.2, 0) is 13.5 Å². The number of carbonyl (C=O) groups excluding carboxylic acids is 1. The predicted octanol–water partition coefficient (Wildman–Crippen LogP) is 2.27. The number of nitrogens with zero attached hydrogens (tertiary/aromatic N) is 2. The quantitative estimate of drug-likeness (QED) is 0.864. The first kappa shape index (κ1) is 14.2. The van der Waals surface area contributed by atoms with E-state index < -0.39 is 6.09 Å². The molecule has 5 heteroatoms. The molecule has 1 N–H and O–H groups in total. The molecule has 1 aromatic heterocycles. The zero-order valence-electron chi connectivity index (χ0n) is 12.6. The van der Waals surface area contributed by atoms with Crippen molar-refractivity contribution in [3.63, 3.8) is 0 Å². The number of aromatic nitrogens is 1. The SMILES string of the molecule is C#CCN=C1CCc2c1n(C)c1ccc(OC(=O)NC)cc21. The van der Waals surface area contributed by atoms with Crippen LogP contribution in [0.3, 0.4) is 0 Å². The number of carbonyl (C=O) groups is 1. The summed E-state index contributed by atoms with van der Waals surface area (Å²) in [6.07, 6.45) is 6.66. The van der Waals surface area contributed by atoms with Gasteiger partial charge >= 0.3 is 6.09 Å². The van der Waals surface area contributed by atoms with E-state index in [1.165, 1.54) is 12.6 Å². The van der Waals surface area contributed by atoms with E-state index in [1.807, 2.05) is 19.2 Å². The van der Waals surface area contributed by atoms with Gasteiger partial charge in [-0.25, -0.2) is 4.79 Å². The standard InChI is InChI=1S/C17H17N3O2/c1-4-9-19-14-7-6-12-13-10-11(22-17(21)18-2)5-8-15(13)20(3)16(12)14/h1,5,8,10H,6-7,9H2,2-3H3,(H,18,21). The molecule has 1 amide bonds. The number of fused-ring (bicyclic) bond motifs is 3. The Morgan fingerprint density at radius 1 is 1.50 bits per heavy atom. The summed E-state index contributed by atoms with van der Waals surface area (Å²) < 4.78 is 7.35. The van der Waals surface area contributed by atoms with E-state index in [4.69, 9.17) is 11.2 Å². The summed E-state index contributed by atoms with van der Waals surface area (Å²) in [6, 6.07) is 5.67. The van der Waals surface area contributed by atoms with Crippen LogP contribution < -0.4 is 10.1 Å². The Kier molecular flexibility index (Phi) is 3.60. The smallest absolute Gasteiger partial charge is 0.410 e. The summed E-state index contributed by atoms with van der Waals surface area (Å²) in [6.45, 7) is 0.404. The number of benzene rings is 1. The number of hydrogen-bond acceptors (Lipinski definition) is 3. The minimum Gasteiger partial charge on any atom is -0.410 e. The molecule has 0 saturated heterocycles. The molecule has 112 valence electrons. The van der Waals surface area contributed by atoms with E-state index >= 15 is 0 Å². The Morgan fingerprint density at radius 2 is 2.32 bits per heavy atom. The molecular weight excluding hydrogens is 278 g/mol. The molecule has 0 unspecified atom stereocenters. The van der Waals surface area contributed by atoms with Crippen LogP contribution in [-0.4, -0.2) is 30.0 Å². The number of hydrogen-bond donors (Lipinski definition) is 1. The molecule has 2 aromatic rings.